The number of hydrogen-bond donors (Lipinski definition) is 0. The zero-order chi connectivity index (χ0) is 22.5. The van der Waals surface area contributed by atoms with Crippen molar-refractivity contribution < 1.29 is 4.74 Å². The van der Waals surface area contributed by atoms with Gasteiger partial charge in [-0.25, -0.2) is 15.0 Å². The minimum absolute atomic E-state index is 0.0440. The van der Waals surface area contributed by atoms with Crippen LogP contribution in [0.2, 0.25) is 0 Å². The van der Waals surface area contributed by atoms with Gasteiger partial charge in [0.25, 0.3) is 5.56 Å². The molecule has 5 aromatic rings. The molecular weight excluding hydrogens is 414 g/mol. The maximum atomic E-state index is 13.8. The van der Waals surface area contributed by atoms with E-state index in [-0.39, 0.29) is 11.7 Å². The van der Waals surface area contributed by atoms with Gasteiger partial charge in [0.15, 0.2) is 11.3 Å². The van der Waals surface area contributed by atoms with E-state index in [2.05, 4.69) is 31.2 Å². The van der Waals surface area contributed by atoms with Crippen LogP contribution in [-0.4, -0.2) is 36.8 Å². The molecule has 1 fully saturated rings. The van der Waals surface area contributed by atoms with Gasteiger partial charge < -0.3 is 4.74 Å². The molecule has 0 N–H and O–H groups in total. The summed E-state index contributed by atoms with van der Waals surface area (Å²) in [7, 11) is 0. The van der Waals surface area contributed by atoms with Crippen LogP contribution < -0.4 is 5.56 Å². The summed E-state index contributed by atoms with van der Waals surface area (Å²) in [5.41, 5.74) is 5.45. The van der Waals surface area contributed by atoms with Gasteiger partial charge >= 0.3 is 0 Å². The van der Waals surface area contributed by atoms with Crippen molar-refractivity contribution in [3.63, 3.8) is 0 Å². The van der Waals surface area contributed by atoms with Gasteiger partial charge in [0.1, 0.15) is 16.7 Å². The fraction of sp³-hybridized carbons (Fsp3) is 0.308. The van der Waals surface area contributed by atoms with Gasteiger partial charge in [-0.05, 0) is 56.0 Å². The van der Waals surface area contributed by atoms with Crippen LogP contribution in [0, 0.1) is 6.92 Å². The summed E-state index contributed by atoms with van der Waals surface area (Å²) in [6.07, 6.45) is 2.99. The van der Waals surface area contributed by atoms with Crippen LogP contribution in [-0.2, 0) is 17.7 Å². The van der Waals surface area contributed by atoms with Gasteiger partial charge in [-0.15, -0.1) is 0 Å². The first-order chi connectivity index (χ1) is 16.1. The Bertz CT molecular complexity index is 1560. The van der Waals surface area contributed by atoms with E-state index in [1.54, 1.807) is 4.57 Å². The molecule has 0 radical (unpaired) electrons. The third-order valence-electron chi connectivity index (χ3n) is 6.57. The van der Waals surface area contributed by atoms with Gasteiger partial charge in [0, 0.05) is 12.3 Å². The van der Waals surface area contributed by atoms with E-state index < -0.39 is 0 Å². The summed E-state index contributed by atoms with van der Waals surface area (Å²) in [5, 5.41) is 0.506. The van der Waals surface area contributed by atoms with Gasteiger partial charge in [-0.1, -0.05) is 31.2 Å². The highest BCUT2D eigenvalue weighted by Gasteiger charge is 2.24. The normalized spacial score (nSPS) is 16.4. The van der Waals surface area contributed by atoms with Crippen LogP contribution in [0.15, 0.2) is 53.3 Å². The van der Waals surface area contributed by atoms with Gasteiger partial charge in [0.2, 0.25) is 0 Å². The molecule has 0 amide bonds. The Hall–Kier alpha value is -3.58. The van der Waals surface area contributed by atoms with E-state index in [9.17, 15) is 4.79 Å². The maximum absolute atomic E-state index is 13.8. The largest absolute Gasteiger partial charge is 0.376 e. The van der Waals surface area contributed by atoms with Crippen molar-refractivity contribution in [2.75, 3.05) is 6.61 Å². The van der Waals surface area contributed by atoms with Crippen molar-refractivity contribution in [3.05, 3.63) is 70.3 Å². The first-order valence-corrected chi connectivity index (χ1v) is 11.5. The van der Waals surface area contributed by atoms with Crippen LogP contribution in [0.4, 0.5) is 0 Å². The molecule has 0 saturated carbocycles. The number of ether oxygens (including phenoxy) is 1. The number of aromatic nitrogens is 5. The Morgan fingerprint density at radius 2 is 1.76 bits per heavy atom. The molecule has 3 aromatic heterocycles. The summed E-state index contributed by atoms with van der Waals surface area (Å²) < 4.78 is 9.50. The molecule has 0 spiro atoms. The SMILES string of the molecule is CCc1ccc(-n2c3nc4ccccc4nc3c3c(=O)n(C[C@@H]4CCCO4)c(C)nc32)cc1. The molecule has 2 aromatic carbocycles. The third kappa shape index (κ3) is 3.23. The molecular formula is C26H25N5O2. The van der Waals surface area contributed by atoms with E-state index in [1.807, 2.05) is 35.8 Å². The monoisotopic (exact) mass is 439 g/mol. The second kappa shape index (κ2) is 7.78. The lowest BCUT2D eigenvalue weighted by Gasteiger charge is -2.14. The number of benzene rings is 2. The zero-order valence-electron chi connectivity index (χ0n) is 18.8. The standard InChI is InChI=1S/C26H25N5O2/c1-3-17-10-12-18(13-11-17)31-24-22(23-25(31)29-21-9-5-4-8-20(21)28-23)26(32)30(16(2)27-24)15-19-7-6-14-33-19/h4-5,8-13,19H,3,6-7,14-15H2,1-2H3/t19-/m0/s1. The lowest BCUT2D eigenvalue weighted by Crippen LogP contribution is -2.29. The summed E-state index contributed by atoms with van der Waals surface area (Å²) in [4.78, 5) is 28.5. The quantitative estimate of drug-likeness (QED) is 0.417. The van der Waals surface area contributed by atoms with Crippen LogP contribution in [0.1, 0.15) is 31.2 Å². The Kier molecular flexibility index (Phi) is 4.73. The lowest BCUT2D eigenvalue weighted by molar-refractivity contribution is 0.0955. The van der Waals surface area contributed by atoms with Crippen molar-refractivity contribution in [2.24, 2.45) is 0 Å². The number of hydrogen-bond acceptors (Lipinski definition) is 5. The van der Waals surface area contributed by atoms with Crippen molar-refractivity contribution in [3.8, 4) is 5.69 Å². The van der Waals surface area contributed by atoms with Crippen LogP contribution >= 0.6 is 0 Å². The summed E-state index contributed by atoms with van der Waals surface area (Å²) in [5.74, 6) is 0.668. The summed E-state index contributed by atoms with van der Waals surface area (Å²) in [6, 6.07) is 16.1. The van der Waals surface area contributed by atoms with Gasteiger partial charge in [-0.2, -0.15) is 0 Å². The number of nitrogens with zero attached hydrogens (tertiary/aromatic N) is 5. The van der Waals surface area contributed by atoms with Gasteiger partial charge in [0.05, 0.1) is 23.7 Å². The molecule has 7 heteroatoms. The predicted octanol–water partition coefficient (Wildman–Crippen LogP) is 4.33. The molecule has 1 atom stereocenters. The average Bonchev–Trinajstić information content (AvgIpc) is 3.46. The van der Waals surface area contributed by atoms with E-state index in [1.165, 1.54) is 5.56 Å². The van der Waals surface area contributed by atoms with Crippen molar-refractivity contribution >= 4 is 33.2 Å². The highest BCUT2D eigenvalue weighted by molar-refractivity contribution is 6.05. The molecule has 1 saturated heterocycles. The summed E-state index contributed by atoms with van der Waals surface area (Å²) in [6.45, 7) is 5.27. The molecule has 0 unspecified atom stereocenters. The Morgan fingerprint density at radius 1 is 1.00 bits per heavy atom. The molecule has 166 valence electrons. The second-order valence-corrected chi connectivity index (χ2v) is 8.65. The van der Waals surface area contributed by atoms with Gasteiger partial charge in [-0.3, -0.25) is 13.9 Å². The Balaban J connectivity index is 1.69. The number of para-hydroxylation sites is 2. The zero-order valence-corrected chi connectivity index (χ0v) is 18.8. The number of rotatable bonds is 4. The molecule has 7 nitrogen and oxygen atoms in total. The first-order valence-electron chi connectivity index (χ1n) is 11.5. The lowest BCUT2D eigenvalue weighted by atomic mass is 10.1. The molecule has 33 heavy (non-hydrogen) atoms. The van der Waals surface area contributed by atoms with Crippen molar-refractivity contribution in [2.45, 2.75) is 45.8 Å². The molecule has 0 aliphatic carbocycles. The second-order valence-electron chi connectivity index (χ2n) is 8.65. The van der Waals surface area contributed by atoms with E-state index in [0.29, 0.717) is 34.6 Å². The average molecular weight is 440 g/mol. The number of fused-ring (bicyclic) bond motifs is 4. The minimum atomic E-state index is -0.0912. The third-order valence-corrected chi connectivity index (χ3v) is 6.57. The molecule has 0 bridgehead atoms. The molecule has 4 heterocycles. The molecule has 1 aliphatic heterocycles. The highest BCUT2D eigenvalue weighted by atomic mass is 16.5. The summed E-state index contributed by atoms with van der Waals surface area (Å²) >= 11 is 0. The first kappa shape index (κ1) is 20.1. The molecule has 1 aliphatic rings. The maximum Gasteiger partial charge on any atom is 0.265 e. The fourth-order valence-corrected chi connectivity index (χ4v) is 4.76. The molecule has 6 rings (SSSR count). The van der Waals surface area contributed by atoms with Crippen LogP contribution in [0.3, 0.4) is 0 Å². The topological polar surface area (TPSA) is 74.8 Å². The van der Waals surface area contributed by atoms with E-state index in [4.69, 9.17) is 19.7 Å². The smallest absolute Gasteiger partial charge is 0.265 e. The van der Waals surface area contributed by atoms with E-state index >= 15 is 0 Å². The van der Waals surface area contributed by atoms with Crippen LogP contribution in [0.5, 0.6) is 0 Å². The van der Waals surface area contributed by atoms with Crippen molar-refractivity contribution in [1.82, 2.24) is 24.1 Å². The Morgan fingerprint density at radius 3 is 2.45 bits per heavy atom. The van der Waals surface area contributed by atoms with Crippen LogP contribution in [0.25, 0.3) is 38.9 Å². The fourth-order valence-electron chi connectivity index (χ4n) is 4.76. The predicted molar refractivity (Wildman–Crippen MR) is 129 cm³/mol. The van der Waals surface area contributed by atoms with Crippen molar-refractivity contribution in [1.29, 1.82) is 0 Å². The Labute approximate surface area is 190 Å². The number of aryl methyl sites for hydroxylation is 2. The highest BCUT2D eigenvalue weighted by Crippen LogP contribution is 2.29. The van der Waals surface area contributed by atoms with E-state index in [0.717, 1.165) is 42.6 Å². The minimum Gasteiger partial charge on any atom is -0.376 e.